The molecule has 3 N–H and O–H groups in total. The molecule has 0 radical (unpaired) electrons. The highest BCUT2D eigenvalue weighted by molar-refractivity contribution is 6.32. The summed E-state index contributed by atoms with van der Waals surface area (Å²) < 4.78 is 14.0. The Morgan fingerprint density at radius 1 is 1.36 bits per heavy atom. The molecule has 1 aromatic heterocycles. The van der Waals surface area contributed by atoms with Crippen LogP contribution < -0.4 is 10.9 Å². The van der Waals surface area contributed by atoms with Crippen molar-refractivity contribution in [3.05, 3.63) is 68.5 Å². The first-order chi connectivity index (χ1) is 11.8. The lowest BCUT2D eigenvalue weighted by atomic mass is 10.1. The van der Waals surface area contributed by atoms with Crippen LogP contribution in [0.25, 0.3) is 10.9 Å². The summed E-state index contributed by atoms with van der Waals surface area (Å²) in [4.78, 5) is 29.7. The van der Waals surface area contributed by atoms with Crippen LogP contribution in [0.15, 0.2) is 35.1 Å². The summed E-state index contributed by atoms with van der Waals surface area (Å²) in [6, 6.07) is 6.75. The molecule has 0 bridgehead atoms. The van der Waals surface area contributed by atoms with Crippen LogP contribution in [0.2, 0.25) is 5.02 Å². The van der Waals surface area contributed by atoms with E-state index in [1.807, 2.05) is 0 Å². The molecule has 0 saturated carbocycles. The van der Waals surface area contributed by atoms with Gasteiger partial charge in [-0.1, -0.05) is 11.6 Å². The van der Waals surface area contributed by atoms with E-state index < -0.39 is 11.8 Å². The number of rotatable bonds is 4. The quantitative estimate of drug-likeness (QED) is 0.662. The van der Waals surface area contributed by atoms with Crippen molar-refractivity contribution in [2.24, 2.45) is 0 Å². The molecule has 0 aliphatic carbocycles. The predicted molar refractivity (Wildman–Crippen MR) is 92.8 cm³/mol. The molecule has 0 unspecified atom stereocenters. The van der Waals surface area contributed by atoms with Crippen LogP contribution in [-0.2, 0) is 6.54 Å². The summed E-state index contributed by atoms with van der Waals surface area (Å²) in [5.74, 6) is -1.41. The number of benzene rings is 2. The Bertz CT molecular complexity index is 1050. The van der Waals surface area contributed by atoms with E-state index in [2.05, 4.69) is 15.3 Å². The lowest BCUT2D eigenvalue weighted by molar-refractivity contribution is 0.0696. The van der Waals surface area contributed by atoms with Gasteiger partial charge in [-0.2, -0.15) is 0 Å². The maximum atomic E-state index is 14.0. The summed E-state index contributed by atoms with van der Waals surface area (Å²) >= 11 is 6.22. The molecule has 8 heteroatoms. The molecule has 0 aliphatic rings. The molecule has 2 aromatic carbocycles. The summed E-state index contributed by atoms with van der Waals surface area (Å²) in [5.41, 5.74) is 0.785. The van der Waals surface area contributed by atoms with E-state index in [0.717, 1.165) is 6.07 Å². The molecule has 0 fully saturated rings. The van der Waals surface area contributed by atoms with Crippen molar-refractivity contribution in [2.45, 2.75) is 13.5 Å². The SMILES string of the molecule is Cc1nc2cc(Cl)c(CNc3ccc(C(=O)O)cc3F)cc2c(=O)[nH]1. The zero-order valence-corrected chi connectivity index (χ0v) is 13.8. The minimum absolute atomic E-state index is 0.136. The van der Waals surface area contributed by atoms with Gasteiger partial charge in [0, 0.05) is 11.6 Å². The summed E-state index contributed by atoms with van der Waals surface area (Å²) in [5, 5.41) is 12.5. The topological polar surface area (TPSA) is 95.1 Å². The van der Waals surface area contributed by atoms with Crippen LogP contribution in [0, 0.1) is 12.7 Å². The first kappa shape index (κ1) is 16.9. The zero-order chi connectivity index (χ0) is 18.1. The molecule has 25 heavy (non-hydrogen) atoms. The van der Waals surface area contributed by atoms with E-state index in [-0.39, 0.29) is 23.4 Å². The second-order valence-electron chi connectivity index (χ2n) is 5.47. The van der Waals surface area contributed by atoms with E-state index in [0.29, 0.717) is 27.3 Å². The van der Waals surface area contributed by atoms with E-state index in [1.165, 1.54) is 12.1 Å². The fraction of sp³-hybridized carbons (Fsp3) is 0.118. The average Bonchev–Trinajstić information content (AvgIpc) is 2.53. The summed E-state index contributed by atoms with van der Waals surface area (Å²) in [6.45, 7) is 1.83. The normalized spacial score (nSPS) is 10.8. The number of nitrogens with one attached hydrogen (secondary N) is 2. The minimum atomic E-state index is -1.20. The number of aromatic nitrogens is 2. The third-order valence-electron chi connectivity index (χ3n) is 3.68. The molecule has 0 atom stereocenters. The fourth-order valence-corrected chi connectivity index (χ4v) is 2.66. The van der Waals surface area contributed by atoms with Crippen molar-refractivity contribution >= 4 is 34.2 Å². The number of hydrogen-bond donors (Lipinski definition) is 3. The number of anilines is 1. The Kier molecular flexibility index (Phi) is 4.41. The van der Waals surface area contributed by atoms with E-state index >= 15 is 0 Å². The monoisotopic (exact) mass is 361 g/mol. The van der Waals surface area contributed by atoms with Crippen molar-refractivity contribution in [3.63, 3.8) is 0 Å². The van der Waals surface area contributed by atoms with Gasteiger partial charge in [0.15, 0.2) is 0 Å². The highest BCUT2D eigenvalue weighted by Gasteiger charge is 2.11. The largest absolute Gasteiger partial charge is 0.478 e. The van der Waals surface area contributed by atoms with Gasteiger partial charge in [0.25, 0.3) is 5.56 Å². The second kappa shape index (κ2) is 6.52. The van der Waals surface area contributed by atoms with Gasteiger partial charge in [0.2, 0.25) is 0 Å². The standard InChI is InChI=1S/C17H13ClFN3O3/c1-8-21-15-6-12(18)10(4-11(15)16(23)22-8)7-20-14-3-2-9(17(24)25)5-13(14)19/h2-6,20H,7H2,1H3,(H,24,25)(H,21,22,23). The Morgan fingerprint density at radius 2 is 2.12 bits per heavy atom. The minimum Gasteiger partial charge on any atom is -0.478 e. The van der Waals surface area contributed by atoms with Gasteiger partial charge in [-0.15, -0.1) is 0 Å². The van der Waals surface area contributed by atoms with Crippen molar-refractivity contribution in [1.82, 2.24) is 9.97 Å². The van der Waals surface area contributed by atoms with Gasteiger partial charge < -0.3 is 15.4 Å². The van der Waals surface area contributed by atoms with Gasteiger partial charge in [-0.25, -0.2) is 14.2 Å². The molecular formula is C17H13ClFN3O3. The van der Waals surface area contributed by atoms with Crippen LogP contribution in [0.5, 0.6) is 0 Å². The number of fused-ring (bicyclic) bond motifs is 1. The number of H-pyrrole nitrogens is 1. The summed E-state index contributed by atoms with van der Waals surface area (Å²) in [6.07, 6.45) is 0. The molecule has 0 saturated heterocycles. The van der Waals surface area contributed by atoms with Gasteiger partial charge in [-0.05, 0) is 42.8 Å². The Morgan fingerprint density at radius 3 is 2.80 bits per heavy atom. The van der Waals surface area contributed by atoms with E-state index in [1.54, 1.807) is 19.1 Å². The van der Waals surface area contributed by atoms with Crippen LogP contribution in [-0.4, -0.2) is 21.0 Å². The zero-order valence-electron chi connectivity index (χ0n) is 13.1. The van der Waals surface area contributed by atoms with Crippen LogP contribution >= 0.6 is 11.6 Å². The maximum Gasteiger partial charge on any atom is 0.335 e. The van der Waals surface area contributed by atoms with E-state index in [4.69, 9.17) is 16.7 Å². The Labute approximate surface area is 146 Å². The second-order valence-corrected chi connectivity index (χ2v) is 5.87. The van der Waals surface area contributed by atoms with Crippen molar-refractivity contribution < 1.29 is 14.3 Å². The number of carboxylic acid groups (broad SMARTS) is 1. The lowest BCUT2D eigenvalue weighted by Gasteiger charge is -2.10. The Balaban J connectivity index is 1.90. The highest BCUT2D eigenvalue weighted by atomic mass is 35.5. The summed E-state index contributed by atoms with van der Waals surface area (Å²) in [7, 11) is 0. The first-order valence-electron chi connectivity index (χ1n) is 7.31. The van der Waals surface area contributed by atoms with Gasteiger partial charge in [-0.3, -0.25) is 4.79 Å². The average molecular weight is 362 g/mol. The molecule has 6 nitrogen and oxygen atoms in total. The number of carbonyl (C=O) groups is 1. The maximum absolute atomic E-state index is 14.0. The van der Waals surface area contributed by atoms with Crippen molar-refractivity contribution in [3.8, 4) is 0 Å². The molecule has 0 amide bonds. The molecule has 1 heterocycles. The molecule has 3 rings (SSSR count). The van der Waals surface area contributed by atoms with Gasteiger partial charge >= 0.3 is 5.97 Å². The number of nitrogens with zero attached hydrogens (tertiary/aromatic N) is 1. The van der Waals surface area contributed by atoms with Gasteiger partial charge in [0.1, 0.15) is 11.6 Å². The number of aryl methyl sites for hydroxylation is 1. The molecule has 128 valence electrons. The smallest absolute Gasteiger partial charge is 0.335 e. The first-order valence-corrected chi connectivity index (χ1v) is 7.68. The Hall–Kier alpha value is -2.93. The lowest BCUT2D eigenvalue weighted by Crippen LogP contribution is -2.11. The number of carboxylic acids is 1. The number of aromatic amines is 1. The van der Waals surface area contributed by atoms with Crippen LogP contribution in [0.4, 0.5) is 10.1 Å². The number of hydrogen-bond acceptors (Lipinski definition) is 4. The fourth-order valence-electron chi connectivity index (χ4n) is 2.44. The predicted octanol–water partition coefficient (Wildman–Crippen LogP) is 3.33. The number of halogens is 2. The molecular weight excluding hydrogens is 349 g/mol. The van der Waals surface area contributed by atoms with Crippen molar-refractivity contribution in [2.75, 3.05) is 5.32 Å². The van der Waals surface area contributed by atoms with Crippen LogP contribution in [0.1, 0.15) is 21.7 Å². The molecule has 0 spiro atoms. The molecule has 3 aromatic rings. The number of aromatic carboxylic acids is 1. The van der Waals surface area contributed by atoms with Crippen molar-refractivity contribution in [1.29, 1.82) is 0 Å². The third-order valence-corrected chi connectivity index (χ3v) is 4.03. The highest BCUT2D eigenvalue weighted by Crippen LogP contribution is 2.23. The molecule has 0 aliphatic heterocycles. The third kappa shape index (κ3) is 3.46. The van der Waals surface area contributed by atoms with Gasteiger partial charge in [0.05, 0.1) is 22.2 Å². The van der Waals surface area contributed by atoms with E-state index in [9.17, 15) is 14.0 Å². The van der Waals surface area contributed by atoms with Crippen LogP contribution in [0.3, 0.4) is 0 Å².